The van der Waals surface area contributed by atoms with E-state index in [4.69, 9.17) is 9.47 Å². The summed E-state index contributed by atoms with van der Waals surface area (Å²) in [5, 5.41) is 0. The lowest BCUT2D eigenvalue weighted by Gasteiger charge is -2.39. The van der Waals surface area contributed by atoms with E-state index < -0.39 is 0 Å². The Morgan fingerprint density at radius 1 is 1.14 bits per heavy atom. The molecule has 0 saturated carbocycles. The number of ether oxygens (including phenoxy) is 2. The fraction of sp³-hybridized carbons (Fsp3) is 1.00. The van der Waals surface area contributed by atoms with E-state index in [1.54, 1.807) is 0 Å². The Morgan fingerprint density at radius 3 is 2.36 bits per heavy atom. The Kier molecular flexibility index (Phi) is 7.65. The fourth-order valence-electron chi connectivity index (χ4n) is 4.13. The Labute approximate surface area is 143 Å². The van der Waals surface area contributed by atoms with Gasteiger partial charge in [-0.1, -0.05) is 27.7 Å². The zero-order chi connectivity index (χ0) is 15.5. The van der Waals surface area contributed by atoms with Gasteiger partial charge < -0.3 is 26.4 Å². The highest BCUT2D eigenvalue weighted by atomic mass is 35.5. The molecule has 2 aliphatic heterocycles. The number of likely N-dealkylation sites (N-methyl/N-ethyl adjacent to an activating group) is 1. The standard InChI is InChI=1S/C18H36NO2.ClH/c1-15(12-18(2,3)4)11-17-20-14-16(21-17)13-19(5)9-7-6-8-10-19;/h15-17H,6-14H2,1-5H3;1H/q+1;/p-1. The average Bonchev–Trinajstić information content (AvgIpc) is 2.73. The molecule has 0 aromatic carbocycles. The summed E-state index contributed by atoms with van der Waals surface area (Å²) < 4.78 is 13.3. The smallest absolute Gasteiger partial charge is 0.158 e. The molecule has 2 rings (SSSR count). The Bertz CT molecular complexity index is 324. The zero-order valence-corrected chi connectivity index (χ0v) is 16.0. The quantitative estimate of drug-likeness (QED) is 0.694. The highest BCUT2D eigenvalue weighted by Crippen LogP contribution is 2.29. The number of quaternary nitrogens is 1. The summed E-state index contributed by atoms with van der Waals surface area (Å²) in [5.41, 5.74) is 0.393. The molecule has 22 heavy (non-hydrogen) atoms. The molecule has 2 fully saturated rings. The molecule has 2 aliphatic rings. The van der Waals surface area contributed by atoms with Crippen LogP contribution in [0, 0.1) is 11.3 Å². The number of hydrogen-bond donors (Lipinski definition) is 0. The van der Waals surface area contributed by atoms with Crippen molar-refractivity contribution in [3.8, 4) is 0 Å². The van der Waals surface area contributed by atoms with Gasteiger partial charge in [0, 0.05) is 6.42 Å². The van der Waals surface area contributed by atoms with Crippen LogP contribution in [0.4, 0.5) is 0 Å². The average molecular weight is 334 g/mol. The zero-order valence-electron chi connectivity index (χ0n) is 15.2. The van der Waals surface area contributed by atoms with Crippen molar-refractivity contribution in [2.24, 2.45) is 11.3 Å². The molecular formula is C18H36ClNO2. The third kappa shape index (κ3) is 6.74. The summed E-state index contributed by atoms with van der Waals surface area (Å²) >= 11 is 0. The molecule has 0 N–H and O–H groups in total. The SMILES string of the molecule is CC(CC1OCC(C[N+]2(C)CCCCC2)O1)CC(C)(C)C.[Cl-]. The van der Waals surface area contributed by atoms with Crippen molar-refractivity contribution >= 4 is 0 Å². The van der Waals surface area contributed by atoms with Crippen LogP contribution in [0.1, 0.15) is 59.8 Å². The molecular weight excluding hydrogens is 298 g/mol. The molecule has 0 spiro atoms. The van der Waals surface area contributed by atoms with Crippen LogP contribution in [0.2, 0.25) is 0 Å². The minimum Gasteiger partial charge on any atom is -1.00 e. The summed E-state index contributed by atoms with van der Waals surface area (Å²) in [5.74, 6) is 0.661. The predicted molar refractivity (Wildman–Crippen MR) is 87.1 cm³/mol. The van der Waals surface area contributed by atoms with Crippen LogP contribution in [0.15, 0.2) is 0 Å². The molecule has 0 aromatic rings. The van der Waals surface area contributed by atoms with Gasteiger partial charge in [0.15, 0.2) is 6.29 Å². The summed E-state index contributed by atoms with van der Waals surface area (Å²) in [4.78, 5) is 0. The first-order valence-electron chi connectivity index (χ1n) is 8.86. The molecule has 2 saturated heterocycles. The molecule has 132 valence electrons. The number of rotatable bonds is 5. The van der Waals surface area contributed by atoms with E-state index >= 15 is 0 Å². The second-order valence-electron chi connectivity index (χ2n) is 8.94. The lowest BCUT2D eigenvalue weighted by molar-refractivity contribution is -0.916. The van der Waals surface area contributed by atoms with Crippen molar-refractivity contribution in [3.05, 3.63) is 0 Å². The van der Waals surface area contributed by atoms with Crippen LogP contribution in [0.3, 0.4) is 0 Å². The van der Waals surface area contributed by atoms with Gasteiger partial charge in [0.25, 0.3) is 0 Å². The fourth-order valence-corrected chi connectivity index (χ4v) is 4.13. The van der Waals surface area contributed by atoms with Gasteiger partial charge in [-0.25, -0.2) is 0 Å². The van der Waals surface area contributed by atoms with E-state index in [9.17, 15) is 0 Å². The highest BCUT2D eigenvalue weighted by molar-refractivity contribution is 4.72. The highest BCUT2D eigenvalue weighted by Gasteiger charge is 2.35. The van der Waals surface area contributed by atoms with Crippen LogP contribution in [-0.4, -0.2) is 50.2 Å². The number of nitrogens with zero attached hydrogens (tertiary/aromatic N) is 1. The van der Waals surface area contributed by atoms with E-state index in [1.165, 1.54) is 43.3 Å². The number of likely N-dealkylation sites (tertiary alicyclic amines) is 1. The monoisotopic (exact) mass is 333 g/mol. The van der Waals surface area contributed by atoms with Crippen molar-refractivity contribution in [1.82, 2.24) is 0 Å². The number of piperidine rings is 1. The topological polar surface area (TPSA) is 18.5 Å². The molecule has 2 heterocycles. The molecule has 0 aromatic heterocycles. The van der Waals surface area contributed by atoms with Crippen molar-refractivity contribution in [2.45, 2.75) is 72.2 Å². The Morgan fingerprint density at radius 2 is 1.77 bits per heavy atom. The minimum absolute atomic E-state index is 0. The first-order chi connectivity index (χ1) is 9.76. The van der Waals surface area contributed by atoms with Crippen molar-refractivity contribution in [2.75, 3.05) is 33.3 Å². The van der Waals surface area contributed by atoms with Gasteiger partial charge in [-0.2, -0.15) is 0 Å². The van der Waals surface area contributed by atoms with E-state index in [2.05, 4.69) is 34.7 Å². The minimum atomic E-state index is 0. The third-order valence-corrected chi connectivity index (χ3v) is 4.91. The normalized spacial score (nSPS) is 29.9. The summed E-state index contributed by atoms with van der Waals surface area (Å²) in [6.07, 6.45) is 6.75. The molecule has 3 nitrogen and oxygen atoms in total. The van der Waals surface area contributed by atoms with E-state index in [1.807, 2.05) is 0 Å². The number of hydrogen-bond acceptors (Lipinski definition) is 2. The maximum Gasteiger partial charge on any atom is 0.158 e. The maximum absolute atomic E-state index is 6.18. The maximum atomic E-state index is 6.18. The van der Waals surface area contributed by atoms with Crippen LogP contribution in [0.5, 0.6) is 0 Å². The molecule has 4 heteroatoms. The molecule has 0 amide bonds. The largest absolute Gasteiger partial charge is 1.00 e. The molecule has 0 aliphatic carbocycles. The lowest BCUT2D eigenvalue weighted by atomic mass is 9.84. The number of halogens is 1. The molecule has 0 bridgehead atoms. The predicted octanol–water partition coefficient (Wildman–Crippen LogP) is 0.825. The van der Waals surface area contributed by atoms with Gasteiger partial charge in [-0.05, 0) is 37.0 Å². The van der Waals surface area contributed by atoms with Crippen LogP contribution in [0.25, 0.3) is 0 Å². The summed E-state index contributed by atoms with van der Waals surface area (Å²) in [6.45, 7) is 13.8. The van der Waals surface area contributed by atoms with Gasteiger partial charge in [0.05, 0.1) is 26.7 Å². The van der Waals surface area contributed by atoms with Gasteiger partial charge in [0.1, 0.15) is 12.6 Å². The Balaban J connectivity index is 0.00000242. The summed E-state index contributed by atoms with van der Waals surface area (Å²) in [6, 6.07) is 0. The van der Waals surface area contributed by atoms with Crippen LogP contribution in [-0.2, 0) is 9.47 Å². The first-order valence-corrected chi connectivity index (χ1v) is 8.86. The van der Waals surface area contributed by atoms with Crippen molar-refractivity contribution in [3.63, 3.8) is 0 Å². The third-order valence-electron chi connectivity index (χ3n) is 4.91. The Hall–Kier alpha value is 0.170. The molecule has 3 unspecified atom stereocenters. The first kappa shape index (κ1) is 20.2. The van der Waals surface area contributed by atoms with E-state index in [-0.39, 0.29) is 18.7 Å². The van der Waals surface area contributed by atoms with Crippen molar-refractivity contribution < 1.29 is 26.4 Å². The van der Waals surface area contributed by atoms with E-state index in [0.717, 1.165) is 19.6 Å². The molecule has 3 atom stereocenters. The molecule has 0 radical (unpaired) electrons. The van der Waals surface area contributed by atoms with Crippen molar-refractivity contribution in [1.29, 1.82) is 0 Å². The second-order valence-corrected chi connectivity index (χ2v) is 8.94. The van der Waals surface area contributed by atoms with Gasteiger partial charge in [0.2, 0.25) is 0 Å². The van der Waals surface area contributed by atoms with Gasteiger partial charge >= 0.3 is 0 Å². The lowest BCUT2D eigenvalue weighted by Crippen LogP contribution is -3.00. The van der Waals surface area contributed by atoms with Gasteiger partial charge in [-0.3, -0.25) is 0 Å². The second kappa shape index (κ2) is 8.32. The summed E-state index contributed by atoms with van der Waals surface area (Å²) in [7, 11) is 2.39. The van der Waals surface area contributed by atoms with Crippen LogP contribution < -0.4 is 12.4 Å². The van der Waals surface area contributed by atoms with E-state index in [0.29, 0.717) is 17.4 Å². The van der Waals surface area contributed by atoms with Gasteiger partial charge in [-0.15, -0.1) is 0 Å². The van der Waals surface area contributed by atoms with Crippen LogP contribution >= 0.6 is 0 Å².